The molecule has 0 spiro atoms. The molecular weight excluding hydrogens is 208 g/mol. The van der Waals surface area contributed by atoms with Crippen LogP contribution < -0.4 is 0 Å². The molecule has 0 aromatic heterocycles. The molecule has 1 heteroatoms. The second-order valence-electron chi connectivity index (χ2n) is 7.73. The number of hydrogen-bond donors (Lipinski definition) is 1. The smallest absolute Gasteiger partial charge is 0.0431 e. The van der Waals surface area contributed by atoms with Gasteiger partial charge in [0.1, 0.15) is 0 Å². The minimum Gasteiger partial charge on any atom is -0.396 e. The van der Waals surface area contributed by atoms with Crippen LogP contribution in [0.4, 0.5) is 0 Å². The van der Waals surface area contributed by atoms with Crippen LogP contribution in [0.5, 0.6) is 0 Å². The van der Waals surface area contributed by atoms with Gasteiger partial charge < -0.3 is 5.11 Å². The molecule has 3 unspecified atom stereocenters. The van der Waals surface area contributed by atoms with Gasteiger partial charge in [0.25, 0.3) is 0 Å². The molecule has 0 radical (unpaired) electrons. The Hall–Kier alpha value is -0.0400. The first kappa shape index (κ1) is 15.0. The molecule has 1 saturated carbocycles. The topological polar surface area (TPSA) is 20.2 Å². The van der Waals surface area contributed by atoms with Crippen molar-refractivity contribution in [1.82, 2.24) is 0 Å². The van der Waals surface area contributed by atoms with Crippen LogP contribution >= 0.6 is 0 Å². The van der Waals surface area contributed by atoms with Gasteiger partial charge >= 0.3 is 0 Å². The molecule has 3 atom stereocenters. The van der Waals surface area contributed by atoms with Gasteiger partial charge in [0.15, 0.2) is 0 Å². The van der Waals surface area contributed by atoms with E-state index in [1.54, 1.807) is 0 Å². The number of aliphatic hydroxyl groups is 1. The molecule has 0 amide bonds. The molecule has 1 rings (SSSR count). The fourth-order valence-corrected chi connectivity index (χ4v) is 4.39. The Morgan fingerprint density at radius 2 is 1.59 bits per heavy atom. The van der Waals surface area contributed by atoms with E-state index in [-0.39, 0.29) is 0 Å². The van der Waals surface area contributed by atoms with Gasteiger partial charge in [0, 0.05) is 6.61 Å². The number of hydrogen-bond acceptors (Lipinski definition) is 1. The number of rotatable bonds is 3. The molecule has 0 aromatic rings. The lowest BCUT2D eigenvalue weighted by Crippen LogP contribution is -2.56. The quantitative estimate of drug-likeness (QED) is 0.770. The van der Waals surface area contributed by atoms with E-state index < -0.39 is 0 Å². The molecule has 1 aliphatic carbocycles. The minimum absolute atomic E-state index is 0.314. The summed E-state index contributed by atoms with van der Waals surface area (Å²) in [6.45, 7) is 17.3. The third-order valence-electron chi connectivity index (χ3n) is 6.57. The Bertz CT molecular complexity index is 267. The average Bonchev–Trinajstić information content (AvgIpc) is 2.21. The van der Waals surface area contributed by atoms with Crippen molar-refractivity contribution >= 4 is 0 Å². The van der Waals surface area contributed by atoms with E-state index in [9.17, 15) is 0 Å². The van der Waals surface area contributed by atoms with Crippen molar-refractivity contribution < 1.29 is 5.11 Å². The Morgan fingerprint density at radius 3 is 2.06 bits per heavy atom. The number of aliphatic hydroxyl groups excluding tert-OH is 1. The molecule has 0 heterocycles. The summed E-state index contributed by atoms with van der Waals surface area (Å²) in [4.78, 5) is 0. The zero-order valence-corrected chi connectivity index (χ0v) is 12.9. The summed E-state index contributed by atoms with van der Waals surface area (Å²) < 4.78 is 0. The van der Waals surface area contributed by atoms with Gasteiger partial charge in [-0.25, -0.2) is 0 Å². The van der Waals surface area contributed by atoms with Gasteiger partial charge in [-0.1, -0.05) is 48.5 Å². The normalized spacial score (nSPS) is 40.2. The van der Waals surface area contributed by atoms with Gasteiger partial charge in [0.2, 0.25) is 0 Å². The van der Waals surface area contributed by atoms with Crippen LogP contribution in [-0.4, -0.2) is 11.7 Å². The summed E-state index contributed by atoms with van der Waals surface area (Å²) in [6.07, 6.45) is 3.38. The Balaban J connectivity index is 3.12. The fraction of sp³-hybridized carbons (Fsp3) is 1.00. The van der Waals surface area contributed by atoms with Crippen LogP contribution in [-0.2, 0) is 0 Å². The van der Waals surface area contributed by atoms with Crippen LogP contribution in [0.15, 0.2) is 0 Å². The summed E-state index contributed by atoms with van der Waals surface area (Å²) in [7, 11) is 0. The predicted molar refractivity (Wildman–Crippen MR) is 74.9 cm³/mol. The first-order chi connectivity index (χ1) is 7.60. The first-order valence-electron chi connectivity index (χ1n) is 7.21. The molecular formula is C16H32O. The highest BCUT2D eigenvalue weighted by atomic mass is 16.2. The maximum absolute atomic E-state index is 9.17. The molecule has 1 fully saturated rings. The van der Waals surface area contributed by atoms with Crippen LogP contribution in [0.3, 0.4) is 0 Å². The van der Waals surface area contributed by atoms with Crippen molar-refractivity contribution in [2.24, 2.45) is 28.1 Å². The lowest BCUT2D eigenvalue weighted by Gasteiger charge is -2.63. The van der Waals surface area contributed by atoms with Crippen molar-refractivity contribution in [3.05, 3.63) is 0 Å². The van der Waals surface area contributed by atoms with Crippen molar-refractivity contribution in [3.63, 3.8) is 0 Å². The lowest BCUT2D eigenvalue weighted by molar-refractivity contribution is -0.143. The van der Waals surface area contributed by atoms with E-state index >= 15 is 0 Å². The highest BCUT2D eigenvalue weighted by Crippen LogP contribution is 2.65. The third kappa shape index (κ3) is 2.16. The van der Waals surface area contributed by atoms with Gasteiger partial charge in [-0.2, -0.15) is 0 Å². The fourth-order valence-electron chi connectivity index (χ4n) is 4.39. The molecule has 0 bridgehead atoms. The molecule has 1 aliphatic rings. The highest BCUT2D eigenvalue weighted by molar-refractivity contribution is 5.06. The van der Waals surface area contributed by atoms with E-state index in [4.69, 9.17) is 5.11 Å². The average molecular weight is 240 g/mol. The summed E-state index contributed by atoms with van der Waals surface area (Å²) in [6, 6.07) is 0. The summed E-state index contributed by atoms with van der Waals surface area (Å²) >= 11 is 0. The molecule has 0 aliphatic heterocycles. The Morgan fingerprint density at radius 1 is 1.06 bits per heavy atom. The van der Waals surface area contributed by atoms with E-state index in [1.807, 2.05) is 0 Å². The zero-order chi connectivity index (χ0) is 13.5. The SMILES string of the molecule is CC1CC(C)(C)C(C)(CCCO)C(C)(C)C1C. The maximum Gasteiger partial charge on any atom is 0.0431 e. The largest absolute Gasteiger partial charge is 0.396 e. The van der Waals surface area contributed by atoms with Gasteiger partial charge in [-0.15, -0.1) is 0 Å². The van der Waals surface area contributed by atoms with Gasteiger partial charge in [-0.05, 0) is 47.3 Å². The molecule has 102 valence electrons. The predicted octanol–water partition coefficient (Wildman–Crippen LogP) is 4.49. The Labute approximate surface area is 108 Å². The maximum atomic E-state index is 9.17. The summed E-state index contributed by atoms with van der Waals surface area (Å²) in [5.74, 6) is 1.54. The van der Waals surface area contributed by atoms with Crippen LogP contribution in [0, 0.1) is 28.1 Å². The summed E-state index contributed by atoms with van der Waals surface area (Å²) in [5.41, 5.74) is 1.01. The minimum atomic E-state index is 0.314. The van der Waals surface area contributed by atoms with E-state index in [0.29, 0.717) is 22.9 Å². The van der Waals surface area contributed by atoms with Crippen molar-refractivity contribution in [1.29, 1.82) is 0 Å². The monoisotopic (exact) mass is 240 g/mol. The molecule has 0 aromatic carbocycles. The molecule has 1 nitrogen and oxygen atoms in total. The van der Waals surface area contributed by atoms with Gasteiger partial charge in [0.05, 0.1) is 0 Å². The van der Waals surface area contributed by atoms with Crippen molar-refractivity contribution in [3.8, 4) is 0 Å². The van der Waals surface area contributed by atoms with E-state index in [2.05, 4.69) is 48.5 Å². The van der Waals surface area contributed by atoms with E-state index in [1.165, 1.54) is 6.42 Å². The first-order valence-corrected chi connectivity index (χ1v) is 7.21. The lowest BCUT2D eigenvalue weighted by atomic mass is 9.42. The zero-order valence-electron chi connectivity index (χ0n) is 12.9. The molecule has 1 N–H and O–H groups in total. The standard InChI is InChI=1S/C16H32O/c1-12-11-14(3,4)16(7,9-8-10-17)15(5,6)13(12)2/h12-13,17H,8-11H2,1-7H3. The third-order valence-corrected chi connectivity index (χ3v) is 6.57. The van der Waals surface area contributed by atoms with Gasteiger partial charge in [-0.3, -0.25) is 0 Å². The van der Waals surface area contributed by atoms with Crippen LogP contribution in [0.2, 0.25) is 0 Å². The highest BCUT2D eigenvalue weighted by Gasteiger charge is 2.57. The van der Waals surface area contributed by atoms with E-state index in [0.717, 1.165) is 24.7 Å². The van der Waals surface area contributed by atoms with Crippen LogP contribution in [0.1, 0.15) is 67.7 Å². The van der Waals surface area contributed by atoms with Crippen molar-refractivity contribution in [2.75, 3.05) is 6.61 Å². The second kappa shape index (κ2) is 4.57. The van der Waals surface area contributed by atoms with Crippen molar-refractivity contribution in [2.45, 2.75) is 67.7 Å². The van der Waals surface area contributed by atoms with Crippen LogP contribution in [0.25, 0.3) is 0 Å². The molecule has 0 saturated heterocycles. The second-order valence-corrected chi connectivity index (χ2v) is 7.73. The summed E-state index contributed by atoms with van der Waals surface area (Å²) in [5, 5.41) is 9.17. The Kier molecular flexibility index (Phi) is 4.04. The molecule has 17 heavy (non-hydrogen) atoms.